The van der Waals surface area contributed by atoms with Crippen molar-refractivity contribution in [1.29, 1.82) is 0 Å². The Balaban J connectivity index is 2.33. The van der Waals surface area contributed by atoms with Crippen LogP contribution >= 0.6 is 0 Å². The van der Waals surface area contributed by atoms with E-state index in [1.54, 1.807) is 11.5 Å². The van der Waals surface area contributed by atoms with Crippen molar-refractivity contribution in [1.82, 2.24) is 24.5 Å². The molecule has 84 valence electrons. The van der Waals surface area contributed by atoms with Gasteiger partial charge in [0, 0.05) is 0 Å². The first-order valence-electron chi connectivity index (χ1n) is 5.14. The molecule has 0 amide bonds. The molecule has 2 aromatic heterocycles. The molecule has 0 fully saturated rings. The normalized spacial score (nSPS) is 10.9. The molecule has 0 spiro atoms. The van der Waals surface area contributed by atoms with E-state index in [9.17, 15) is 0 Å². The Kier molecular flexibility index (Phi) is 2.01. The molecule has 3 rings (SSSR count). The molecule has 0 aliphatic heterocycles. The molecule has 6 nitrogen and oxygen atoms in total. The summed E-state index contributed by atoms with van der Waals surface area (Å²) in [5.41, 5.74) is 7.59. The quantitative estimate of drug-likeness (QED) is 0.671. The van der Waals surface area contributed by atoms with Crippen LogP contribution in [0.3, 0.4) is 0 Å². The van der Waals surface area contributed by atoms with Crippen molar-refractivity contribution in [3.05, 3.63) is 36.4 Å². The van der Waals surface area contributed by atoms with Gasteiger partial charge in [0.25, 0.3) is 0 Å². The minimum absolute atomic E-state index is 0.372. The molecule has 2 heterocycles. The number of para-hydroxylation sites is 2. The van der Waals surface area contributed by atoms with Gasteiger partial charge < -0.3 is 5.73 Å². The fourth-order valence-electron chi connectivity index (χ4n) is 1.73. The summed E-state index contributed by atoms with van der Waals surface area (Å²) >= 11 is 0. The largest absolute Gasteiger partial charge is 0.369 e. The predicted molar refractivity (Wildman–Crippen MR) is 63.6 cm³/mol. The molecule has 1 aromatic carbocycles. The maximum atomic E-state index is 5.89. The summed E-state index contributed by atoms with van der Waals surface area (Å²) in [7, 11) is 0. The van der Waals surface area contributed by atoms with Crippen LogP contribution in [0.15, 0.2) is 30.6 Å². The molecule has 3 aromatic rings. The van der Waals surface area contributed by atoms with Gasteiger partial charge in [-0.1, -0.05) is 12.1 Å². The zero-order valence-corrected chi connectivity index (χ0v) is 9.20. The van der Waals surface area contributed by atoms with Crippen LogP contribution in [0.5, 0.6) is 0 Å². The molecule has 0 aliphatic rings. The lowest BCUT2D eigenvalue weighted by Crippen LogP contribution is -2.06. The minimum atomic E-state index is 0.372. The number of hydrogen-bond donors (Lipinski definition) is 1. The second-order valence-corrected chi connectivity index (χ2v) is 3.63. The van der Waals surface area contributed by atoms with E-state index in [4.69, 9.17) is 5.73 Å². The summed E-state index contributed by atoms with van der Waals surface area (Å²) in [5.74, 6) is 1.51. The average molecular weight is 226 g/mol. The van der Waals surface area contributed by atoms with Gasteiger partial charge >= 0.3 is 0 Å². The summed E-state index contributed by atoms with van der Waals surface area (Å²) in [6, 6.07) is 7.67. The Morgan fingerprint density at radius 2 is 1.94 bits per heavy atom. The number of hydrogen-bond acceptors (Lipinski definition) is 5. The second-order valence-electron chi connectivity index (χ2n) is 3.63. The van der Waals surface area contributed by atoms with Crippen LogP contribution in [0.25, 0.3) is 17.0 Å². The van der Waals surface area contributed by atoms with Gasteiger partial charge in [0.2, 0.25) is 11.9 Å². The summed E-state index contributed by atoms with van der Waals surface area (Å²) in [6.45, 7) is 1.81. The Morgan fingerprint density at radius 1 is 1.12 bits per heavy atom. The van der Waals surface area contributed by atoms with Crippen LogP contribution in [0.4, 0.5) is 5.95 Å². The highest BCUT2D eigenvalue weighted by molar-refractivity contribution is 5.79. The number of nitrogen functional groups attached to an aromatic ring is 1. The van der Waals surface area contributed by atoms with E-state index >= 15 is 0 Å². The molecule has 17 heavy (non-hydrogen) atoms. The molecular formula is C11H10N6. The maximum Gasteiger partial charge on any atom is 0.240 e. The predicted octanol–water partition coefficient (Wildman–Crippen LogP) is 1.10. The van der Waals surface area contributed by atoms with E-state index in [2.05, 4.69) is 19.9 Å². The third-order valence-corrected chi connectivity index (χ3v) is 2.47. The standard InChI is InChI=1S/C11H10N6/c1-7-13-6-14-11(15-7)17-9-5-3-2-4-8(9)16-10(17)12/h2-6H,1H3,(H2,12,16). The van der Waals surface area contributed by atoms with E-state index < -0.39 is 0 Å². The number of aromatic nitrogens is 5. The van der Waals surface area contributed by atoms with Crippen molar-refractivity contribution in [3.8, 4) is 5.95 Å². The van der Waals surface area contributed by atoms with Crippen molar-refractivity contribution in [3.63, 3.8) is 0 Å². The van der Waals surface area contributed by atoms with Gasteiger partial charge in [-0.3, -0.25) is 0 Å². The van der Waals surface area contributed by atoms with Crippen molar-refractivity contribution in [2.24, 2.45) is 0 Å². The molecule has 0 atom stereocenters. The van der Waals surface area contributed by atoms with Gasteiger partial charge in [-0.05, 0) is 19.1 Å². The lowest BCUT2D eigenvalue weighted by atomic mass is 10.3. The van der Waals surface area contributed by atoms with E-state index in [-0.39, 0.29) is 0 Å². The number of imidazole rings is 1. The van der Waals surface area contributed by atoms with Crippen molar-refractivity contribution < 1.29 is 0 Å². The second kappa shape index (κ2) is 3.51. The molecule has 0 aliphatic carbocycles. The van der Waals surface area contributed by atoms with Gasteiger partial charge in [-0.2, -0.15) is 4.98 Å². The van der Waals surface area contributed by atoms with E-state index in [0.717, 1.165) is 11.0 Å². The molecule has 6 heteroatoms. The Hall–Kier alpha value is -2.50. The van der Waals surface area contributed by atoms with E-state index in [1.807, 2.05) is 24.3 Å². The number of nitrogens with two attached hydrogens (primary N) is 1. The van der Waals surface area contributed by atoms with Crippen molar-refractivity contribution >= 4 is 17.0 Å². The average Bonchev–Trinajstić information content (AvgIpc) is 2.64. The third-order valence-electron chi connectivity index (χ3n) is 2.47. The molecule has 0 unspecified atom stereocenters. The van der Waals surface area contributed by atoms with E-state index in [0.29, 0.717) is 17.7 Å². The zero-order valence-electron chi connectivity index (χ0n) is 9.20. The highest BCUT2D eigenvalue weighted by Crippen LogP contribution is 2.19. The number of rotatable bonds is 1. The highest BCUT2D eigenvalue weighted by atomic mass is 15.3. The Bertz CT molecular complexity index is 687. The van der Waals surface area contributed by atoms with Crippen LogP contribution in [-0.2, 0) is 0 Å². The SMILES string of the molecule is Cc1ncnc(-n2c(N)nc3ccccc32)n1. The van der Waals surface area contributed by atoms with Crippen molar-refractivity contribution in [2.45, 2.75) is 6.92 Å². The number of aryl methyl sites for hydroxylation is 1. The molecule has 2 N–H and O–H groups in total. The van der Waals surface area contributed by atoms with Crippen LogP contribution in [-0.4, -0.2) is 24.5 Å². The fourth-order valence-corrected chi connectivity index (χ4v) is 1.73. The minimum Gasteiger partial charge on any atom is -0.369 e. The van der Waals surface area contributed by atoms with Gasteiger partial charge in [0.05, 0.1) is 11.0 Å². The number of benzene rings is 1. The summed E-state index contributed by atoms with van der Waals surface area (Å²) < 4.78 is 1.71. The maximum absolute atomic E-state index is 5.89. The molecule has 0 saturated heterocycles. The lowest BCUT2D eigenvalue weighted by Gasteiger charge is -2.03. The molecular weight excluding hydrogens is 216 g/mol. The topological polar surface area (TPSA) is 82.5 Å². The van der Waals surface area contributed by atoms with Crippen molar-refractivity contribution in [2.75, 3.05) is 5.73 Å². The molecule has 0 radical (unpaired) electrons. The fraction of sp³-hybridized carbons (Fsp3) is 0.0909. The molecule has 0 saturated carbocycles. The number of fused-ring (bicyclic) bond motifs is 1. The highest BCUT2D eigenvalue weighted by Gasteiger charge is 2.11. The van der Waals surface area contributed by atoms with Gasteiger partial charge in [-0.25, -0.2) is 19.5 Å². The smallest absolute Gasteiger partial charge is 0.240 e. The Morgan fingerprint density at radius 3 is 2.76 bits per heavy atom. The third kappa shape index (κ3) is 1.50. The monoisotopic (exact) mass is 226 g/mol. The first kappa shape index (κ1) is 9.71. The number of nitrogens with zero attached hydrogens (tertiary/aromatic N) is 5. The summed E-state index contributed by atoms with van der Waals surface area (Å²) in [4.78, 5) is 16.6. The van der Waals surface area contributed by atoms with Gasteiger partial charge in [0.1, 0.15) is 12.2 Å². The first-order chi connectivity index (χ1) is 8.25. The van der Waals surface area contributed by atoms with Gasteiger partial charge in [-0.15, -0.1) is 0 Å². The van der Waals surface area contributed by atoms with E-state index in [1.165, 1.54) is 6.33 Å². The van der Waals surface area contributed by atoms with Crippen LogP contribution in [0.2, 0.25) is 0 Å². The lowest BCUT2D eigenvalue weighted by molar-refractivity contribution is 0.886. The summed E-state index contributed by atoms with van der Waals surface area (Å²) in [6.07, 6.45) is 1.46. The molecule has 0 bridgehead atoms. The first-order valence-corrected chi connectivity index (χ1v) is 5.14. The Labute approximate surface area is 97.2 Å². The van der Waals surface area contributed by atoms with Gasteiger partial charge in [0.15, 0.2) is 0 Å². The van der Waals surface area contributed by atoms with Crippen LogP contribution < -0.4 is 5.73 Å². The van der Waals surface area contributed by atoms with Crippen LogP contribution in [0, 0.1) is 6.92 Å². The summed E-state index contributed by atoms with van der Waals surface area (Å²) in [5, 5.41) is 0. The van der Waals surface area contributed by atoms with Crippen LogP contribution in [0.1, 0.15) is 5.82 Å². The zero-order chi connectivity index (χ0) is 11.8. The number of anilines is 1.